The molecule has 4 nitrogen and oxygen atoms in total. The van der Waals surface area contributed by atoms with Crippen LogP contribution in [0.25, 0.3) is 0 Å². The van der Waals surface area contributed by atoms with Crippen LogP contribution in [0.5, 0.6) is 5.75 Å². The molecule has 0 unspecified atom stereocenters. The maximum absolute atomic E-state index is 13.5. The fourth-order valence-corrected chi connectivity index (χ4v) is 2.66. The van der Waals surface area contributed by atoms with Crippen LogP contribution in [-0.4, -0.2) is 24.7 Å². The van der Waals surface area contributed by atoms with Crippen molar-refractivity contribution in [2.45, 2.75) is 24.9 Å². The highest BCUT2D eigenvalue weighted by Gasteiger charge is 2.45. The Labute approximate surface area is 115 Å². The second-order valence-electron chi connectivity index (χ2n) is 5.02. The molecular weight excluding hydrogens is 271 g/mol. The van der Waals surface area contributed by atoms with E-state index in [2.05, 4.69) is 10.6 Å². The quantitative estimate of drug-likeness (QED) is 0.896. The van der Waals surface area contributed by atoms with Gasteiger partial charge in [0.1, 0.15) is 0 Å². The van der Waals surface area contributed by atoms with E-state index in [4.69, 9.17) is 16.3 Å². The Bertz CT molecular complexity index is 501. The molecule has 2 aliphatic rings. The van der Waals surface area contributed by atoms with Crippen molar-refractivity contribution in [2.24, 2.45) is 5.92 Å². The van der Waals surface area contributed by atoms with Gasteiger partial charge in [0.2, 0.25) is 0 Å². The fourth-order valence-electron chi connectivity index (χ4n) is 2.50. The second kappa shape index (κ2) is 4.98. The van der Waals surface area contributed by atoms with Gasteiger partial charge >= 0.3 is 6.09 Å². The Morgan fingerprint density at radius 3 is 3.11 bits per heavy atom. The van der Waals surface area contributed by atoms with Gasteiger partial charge in [-0.15, -0.1) is 0 Å². The van der Waals surface area contributed by atoms with E-state index in [1.165, 1.54) is 24.6 Å². The van der Waals surface area contributed by atoms with Crippen LogP contribution >= 0.6 is 11.6 Å². The van der Waals surface area contributed by atoms with Crippen LogP contribution in [0.3, 0.4) is 0 Å². The highest BCUT2D eigenvalue weighted by molar-refractivity contribution is 6.30. The van der Waals surface area contributed by atoms with Crippen LogP contribution in [0.4, 0.5) is 9.18 Å². The van der Waals surface area contributed by atoms with E-state index in [-0.39, 0.29) is 10.8 Å². The Hall–Kier alpha value is -1.33. The summed E-state index contributed by atoms with van der Waals surface area (Å²) < 4.78 is 18.4. The predicted octanol–water partition coefficient (Wildman–Crippen LogP) is 2.32. The molecule has 2 N–H and O–H groups in total. The number of nitrogens with one attached hydrogen (secondary N) is 2. The molecule has 1 saturated heterocycles. The number of carbonyl (C=O) groups excluding carboxylic acids is 1. The minimum atomic E-state index is -0.723. The third-order valence-corrected chi connectivity index (χ3v) is 3.86. The van der Waals surface area contributed by atoms with E-state index in [1.807, 2.05) is 0 Å². The van der Waals surface area contributed by atoms with Crippen molar-refractivity contribution < 1.29 is 13.9 Å². The summed E-state index contributed by atoms with van der Waals surface area (Å²) in [6, 6.07) is 5.22. The Balaban J connectivity index is 1.49. The van der Waals surface area contributed by atoms with Gasteiger partial charge in [-0.05, 0) is 30.9 Å². The minimum Gasteiger partial charge on any atom is -0.407 e. The van der Waals surface area contributed by atoms with E-state index in [9.17, 15) is 9.18 Å². The van der Waals surface area contributed by atoms with Gasteiger partial charge in [-0.25, -0.2) is 9.18 Å². The molecule has 3 atom stereocenters. The number of hydrogen-bond donors (Lipinski definition) is 2. The van der Waals surface area contributed by atoms with Crippen LogP contribution in [0.2, 0.25) is 5.02 Å². The number of fused-ring (bicyclic) bond motifs is 1. The predicted molar refractivity (Wildman–Crippen MR) is 68.9 cm³/mol. The molecule has 0 spiro atoms. The molecule has 102 valence electrons. The first-order chi connectivity index (χ1) is 9.13. The normalized spacial score (nSPS) is 27.8. The molecule has 1 heterocycles. The first-order valence-corrected chi connectivity index (χ1v) is 6.67. The molecule has 1 aliphatic heterocycles. The minimum absolute atomic E-state index is 0.0668. The first kappa shape index (κ1) is 12.7. The SMILES string of the molecule is O=C(NC[C@@H]1C[C@H]2C[C@H]2N1)Oc1cccc(Cl)c1F. The largest absolute Gasteiger partial charge is 0.412 e. The van der Waals surface area contributed by atoms with E-state index < -0.39 is 11.9 Å². The summed E-state index contributed by atoms with van der Waals surface area (Å²) in [4.78, 5) is 11.6. The molecule has 2 fully saturated rings. The van der Waals surface area contributed by atoms with Crippen LogP contribution in [0.1, 0.15) is 12.8 Å². The molecule has 6 heteroatoms. The van der Waals surface area contributed by atoms with Gasteiger partial charge < -0.3 is 15.4 Å². The zero-order valence-corrected chi connectivity index (χ0v) is 10.9. The van der Waals surface area contributed by atoms with Gasteiger partial charge in [0.15, 0.2) is 11.6 Å². The van der Waals surface area contributed by atoms with Crippen molar-refractivity contribution in [1.82, 2.24) is 10.6 Å². The zero-order valence-electron chi connectivity index (χ0n) is 10.2. The molecule has 1 aromatic rings. The van der Waals surface area contributed by atoms with E-state index in [0.29, 0.717) is 18.6 Å². The summed E-state index contributed by atoms with van der Waals surface area (Å²) in [6.45, 7) is 0.494. The van der Waals surface area contributed by atoms with Crippen molar-refractivity contribution >= 4 is 17.7 Å². The van der Waals surface area contributed by atoms with E-state index >= 15 is 0 Å². The number of halogens is 2. The summed E-state index contributed by atoms with van der Waals surface area (Å²) in [5, 5.41) is 5.96. The van der Waals surface area contributed by atoms with Crippen molar-refractivity contribution in [3.8, 4) is 5.75 Å². The first-order valence-electron chi connectivity index (χ1n) is 6.29. The molecule has 0 bridgehead atoms. The number of benzene rings is 1. The fraction of sp³-hybridized carbons (Fsp3) is 0.462. The summed E-state index contributed by atoms with van der Waals surface area (Å²) >= 11 is 5.60. The lowest BCUT2D eigenvalue weighted by molar-refractivity contribution is 0.197. The van der Waals surface area contributed by atoms with E-state index in [1.54, 1.807) is 0 Å². The third kappa shape index (κ3) is 2.82. The Kier molecular flexibility index (Phi) is 3.33. The number of piperidine rings is 1. The molecule has 1 saturated carbocycles. The Morgan fingerprint density at radius 1 is 1.53 bits per heavy atom. The lowest BCUT2D eigenvalue weighted by Gasteiger charge is -2.14. The smallest absolute Gasteiger partial charge is 0.407 e. The van der Waals surface area contributed by atoms with Crippen LogP contribution in [-0.2, 0) is 0 Å². The van der Waals surface area contributed by atoms with E-state index in [0.717, 1.165) is 12.3 Å². The molecule has 0 aromatic heterocycles. The molecule has 19 heavy (non-hydrogen) atoms. The summed E-state index contributed by atoms with van der Waals surface area (Å²) in [7, 11) is 0. The topological polar surface area (TPSA) is 50.4 Å². The number of rotatable bonds is 3. The third-order valence-electron chi connectivity index (χ3n) is 3.57. The molecule has 0 radical (unpaired) electrons. The lowest BCUT2D eigenvalue weighted by atomic mass is 10.2. The highest BCUT2D eigenvalue weighted by atomic mass is 35.5. The maximum atomic E-state index is 13.5. The van der Waals surface area contributed by atoms with Crippen molar-refractivity contribution in [3.63, 3.8) is 0 Å². The van der Waals surface area contributed by atoms with Crippen molar-refractivity contribution in [2.75, 3.05) is 6.54 Å². The number of hydrogen-bond acceptors (Lipinski definition) is 3. The van der Waals surface area contributed by atoms with Crippen LogP contribution < -0.4 is 15.4 Å². The molecule has 3 rings (SSSR count). The maximum Gasteiger partial charge on any atom is 0.412 e. The standard InChI is InChI=1S/C13H14ClFN2O2/c14-9-2-1-3-11(12(9)15)19-13(18)16-6-8-4-7-5-10(7)17-8/h1-3,7-8,10,17H,4-6H2,(H,16,18)/t7-,8-,10+/m0/s1. The van der Waals surface area contributed by atoms with Gasteiger partial charge in [0, 0.05) is 18.6 Å². The Morgan fingerprint density at radius 2 is 2.37 bits per heavy atom. The molecular formula is C13H14ClFN2O2. The van der Waals surface area contributed by atoms with Gasteiger partial charge in [0.05, 0.1) is 5.02 Å². The summed E-state index contributed by atoms with van der Waals surface area (Å²) in [6.07, 6.45) is 1.66. The summed E-state index contributed by atoms with van der Waals surface area (Å²) in [5.74, 6) is -0.111. The van der Waals surface area contributed by atoms with Gasteiger partial charge in [-0.1, -0.05) is 17.7 Å². The van der Waals surface area contributed by atoms with Crippen LogP contribution in [0.15, 0.2) is 18.2 Å². The lowest BCUT2D eigenvalue weighted by Crippen LogP contribution is -2.40. The van der Waals surface area contributed by atoms with Gasteiger partial charge in [0.25, 0.3) is 0 Å². The highest BCUT2D eigenvalue weighted by Crippen LogP contribution is 2.40. The average molecular weight is 285 g/mol. The number of amides is 1. The van der Waals surface area contributed by atoms with Crippen LogP contribution in [0, 0.1) is 11.7 Å². The zero-order chi connectivity index (χ0) is 13.4. The molecule has 1 aromatic carbocycles. The monoisotopic (exact) mass is 284 g/mol. The number of carbonyl (C=O) groups is 1. The van der Waals surface area contributed by atoms with Gasteiger partial charge in [-0.2, -0.15) is 0 Å². The average Bonchev–Trinajstić information content (AvgIpc) is 3.00. The molecule has 1 aliphatic carbocycles. The number of ether oxygens (including phenoxy) is 1. The van der Waals surface area contributed by atoms with Crippen molar-refractivity contribution in [1.29, 1.82) is 0 Å². The van der Waals surface area contributed by atoms with Gasteiger partial charge in [-0.3, -0.25) is 0 Å². The summed E-state index contributed by atoms with van der Waals surface area (Å²) in [5.41, 5.74) is 0. The van der Waals surface area contributed by atoms with Crippen molar-refractivity contribution in [3.05, 3.63) is 29.0 Å². The second-order valence-corrected chi connectivity index (χ2v) is 5.43. The molecule has 1 amide bonds.